The average Bonchev–Trinajstić information content (AvgIpc) is 3.30. The Kier molecular flexibility index (Phi) is 4.48. The smallest absolute Gasteiger partial charge is 0.416 e. The number of fused-ring (bicyclic) bond motifs is 5. The molecule has 1 aromatic carbocycles. The van der Waals surface area contributed by atoms with Crippen molar-refractivity contribution in [2.75, 3.05) is 36.2 Å². The van der Waals surface area contributed by atoms with Crippen LogP contribution in [0.2, 0.25) is 5.02 Å². The van der Waals surface area contributed by atoms with Gasteiger partial charge in [0.25, 0.3) is 0 Å². The number of amides is 1. The second kappa shape index (κ2) is 7.07. The number of benzene rings is 1. The molecule has 2 saturated heterocycles. The van der Waals surface area contributed by atoms with Gasteiger partial charge in [-0.25, -0.2) is 4.79 Å². The van der Waals surface area contributed by atoms with Crippen molar-refractivity contribution in [3.63, 3.8) is 0 Å². The fourth-order valence-corrected chi connectivity index (χ4v) is 6.38. The second-order valence-corrected chi connectivity index (χ2v) is 9.81. The van der Waals surface area contributed by atoms with E-state index in [1.54, 1.807) is 4.90 Å². The number of carbonyl (C=O) groups excluding carboxylic acids is 1. The van der Waals surface area contributed by atoms with E-state index in [4.69, 9.17) is 25.6 Å². The lowest BCUT2D eigenvalue weighted by molar-refractivity contribution is -0.0519. The summed E-state index contributed by atoms with van der Waals surface area (Å²) in [5, 5.41) is 8.93. The van der Waals surface area contributed by atoms with Gasteiger partial charge in [0.15, 0.2) is 11.4 Å². The molecule has 5 atom stereocenters. The molecular formula is C22H26ClN5O4. The Labute approximate surface area is 190 Å². The summed E-state index contributed by atoms with van der Waals surface area (Å²) in [5.74, 6) is 0.454. The Hall–Kier alpha value is -2.36. The highest BCUT2D eigenvalue weighted by Crippen LogP contribution is 2.50. The van der Waals surface area contributed by atoms with Gasteiger partial charge in [-0.15, -0.1) is 0 Å². The van der Waals surface area contributed by atoms with Crippen molar-refractivity contribution >= 4 is 46.4 Å². The molecule has 5 heterocycles. The van der Waals surface area contributed by atoms with Crippen LogP contribution in [-0.2, 0) is 15.9 Å². The Balaban J connectivity index is 1.55. The highest BCUT2D eigenvalue weighted by Gasteiger charge is 2.52. The number of halogens is 1. The fourth-order valence-electron chi connectivity index (χ4n) is 6.01. The van der Waals surface area contributed by atoms with Crippen LogP contribution >= 0.6 is 11.6 Å². The van der Waals surface area contributed by atoms with Gasteiger partial charge in [0, 0.05) is 24.7 Å². The number of hydrogen-bond acceptors (Lipinski definition) is 8. The number of carbonyl (C=O) groups is 1. The number of ether oxygens (including phenoxy) is 2. The molecule has 4 aliphatic heterocycles. The Bertz CT molecular complexity index is 1140. The minimum Gasteiger partial charge on any atom is -0.447 e. The van der Waals surface area contributed by atoms with Gasteiger partial charge in [0.2, 0.25) is 0 Å². The van der Waals surface area contributed by atoms with Gasteiger partial charge >= 0.3 is 6.09 Å². The summed E-state index contributed by atoms with van der Waals surface area (Å²) in [5.41, 5.74) is 2.33. The summed E-state index contributed by atoms with van der Waals surface area (Å²) >= 11 is 6.99. The van der Waals surface area contributed by atoms with Crippen molar-refractivity contribution in [3.05, 3.63) is 16.7 Å². The Morgan fingerprint density at radius 1 is 1.31 bits per heavy atom. The lowest BCUT2D eigenvalue weighted by Crippen LogP contribution is -2.67. The van der Waals surface area contributed by atoms with Crippen LogP contribution < -0.4 is 15.1 Å². The lowest BCUT2D eigenvalue weighted by Gasteiger charge is -2.56. The van der Waals surface area contributed by atoms with E-state index < -0.39 is 6.09 Å². The topological polar surface area (TPSA) is 92.4 Å². The summed E-state index contributed by atoms with van der Waals surface area (Å²) in [6.07, 6.45) is 2.51. The molecule has 0 radical (unpaired) electrons. The average molecular weight is 460 g/mol. The molecule has 2 fully saturated rings. The summed E-state index contributed by atoms with van der Waals surface area (Å²) in [7, 11) is 0. The van der Waals surface area contributed by atoms with Crippen LogP contribution in [0.4, 0.5) is 16.3 Å². The van der Waals surface area contributed by atoms with E-state index in [-0.39, 0.29) is 29.7 Å². The maximum absolute atomic E-state index is 12.3. The molecule has 6 rings (SSSR count). The van der Waals surface area contributed by atoms with Crippen molar-refractivity contribution in [1.82, 2.24) is 10.5 Å². The van der Waals surface area contributed by atoms with Crippen LogP contribution in [0, 0.1) is 5.41 Å². The minimum atomic E-state index is -0.419. The van der Waals surface area contributed by atoms with E-state index in [1.165, 1.54) is 0 Å². The molecule has 1 N–H and O–H groups in total. The summed E-state index contributed by atoms with van der Waals surface area (Å²) in [4.78, 5) is 20.8. The van der Waals surface area contributed by atoms with Crippen LogP contribution in [0.25, 0.3) is 11.0 Å². The predicted molar refractivity (Wildman–Crippen MR) is 121 cm³/mol. The molecule has 1 aromatic heterocycles. The molecule has 4 aliphatic rings. The number of nitrogens with zero attached hydrogens (tertiary/aromatic N) is 4. The number of cyclic esters (lactones) is 1. The van der Waals surface area contributed by atoms with Crippen LogP contribution in [-0.4, -0.2) is 68.1 Å². The zero-order valence-corrected chi connectivity index (χ0v) is 19.1. The standard InChI is InChI=1S/C22H26ClN5O4/c1-11-7-30-21(29)28(11)20-15-4-14-5-22(8-24-10-25-9-22)19-13(3)31-12(2)6-27(19)17(14)16(23)18(15)32-26-20/h4,8,11-13,19,25H,5-7,9-10H2,1-3H3/t11-,12+,13-,19+,22?/m0/s1. The number of morpholine rings is 1. The number of aliphatic imine (C=N–C) groups is 1. The van der Waals surface area contributed by atoms with Crippen molar-refractivity contribution in [1.29, 1.82) is 0 Å². The van der Waals surface area contributed by atoms with E-state index in [9.17, 15) is 4.79 Å². The first-order valence-electron chi connectivity index (χ1n) is 11.1. The van der Waals surface area contributed by atoms with Gasteiger partial charge in [0.1, 0.15) is 11.6 Å². The SMILES string of the molecule is C[C@@H]1CN2c3c(cc4c(N5C(=O)OC[C@@H]5C)noc4c3Cl)CC3(C=NCNC3)[C@H]2[C@H](C)O1. The van der Waals surface area contributed by atoms with Crippen molar-refractivity contribution in [3.8, 4) is 0 Å². The minimum absolute atomic E-state index is 0.00974. The number of hydrogen-bond donors (Lipinski definition) is 1. The molecule has 32 heavy (non-hydrogen) atoms. The Morgan fingerprint density at radius 2 is 2.16 bits per heavy atom. The molecule has 9 nitrogen and oxygen atoms in total. The van der Waals surface area contributed by atoms with Crippen LogP contribution in [0.3, 0.4) is 0 Å². The van der Waals surface area contributed by atoms with E-state index in [0.29, 0.717) is 29.7 Å². The third-order valence-corrected chi connectivity index (χ3v) is 7.49. The van der Waals surface area contributed by atoms with Gasteiger partial charge in [-0.1, -0.05) is 16.8 Å². The molecule has 10 heteroatoms. The maximum Gasteiger partial charge on any atom is 0.416 e. The third kappa shape index (κ3) is 2.74. The molecule has 0 bridgehead atoms. The van der Waals surface area contributed by atoms with Crippen LogP contribution in [0.15, 0.2) is 15.6 Å². The molecule has 170 valence electrons. The van der Waals surface area contributed by atoms with E-state index >= 15 is 0 Å². The highest BCUT2D eigenvalue weighted by molar-refractivity contribution is 6.38. The molecule has 2 aromatic rings. The summed E-state index contributed by atoms with van der Waals surface area (Å²) in [6.45, 7) is 8.60. The van der Waals surface area contributed by atoms with Crippen molar-refractivity contribution in [2.45, 2.75) is 51.5 Å². The first-order chi connectivity index (χ1) is 15.4. The zero-order chi connectivity index (χ0) is 22.2. The van der Waals surface area contributed by atoms with E-state index in [1.807, 2.05) is 6.92 Å². The lowest BCUT2D eigenvalue weighted by atomic mass is 9.69. The zero-order valence-electron chi connectivity index (χ0n) is 18.3. The molecular weight excluding hydrogens is 434 g/mol. The number of rotatable bonds is 1. The second-order valence-electron chi connectivity index (χ2n) is 9.43. The fraction of sp³-hybridized carbons (Fsp3) is 0.591. The molecule has 1 spiro atoms. The third-order valence-electron chi connectivity index (χ3n) is 7.14. The van der Waals surface area contributed by atoms with E-state index in [2.05, 4.69) is 46.5 Å². The molecule has 1 amide bonds. The maximum atomic E-state index is 12.3. The van der Waals surface area contributed by atoms with Gasteiger partial charge in [-0.2, -0.15) is 0 Å². The van der Waals surface area contributed by atoms with Gasteiger partial charge < -0.3 is 18.9 Å². The number of aromatic nitrogens is 1. The summed E-state index contributed by atoms with van der Waals surface area (Å²) < 4.78 is 17.2. The van der Waals surface area contributed by atoms with Gasteiger partial charge in [-0.05, 0) is 38.8 Å². The van der Waals surface area contributed by atoms with E-state index in [0.717, 1.165) is 36.1 Å². The number of nitrogens with one attached hydrogen (secondary N) is 1. The highest BCUT2D eigenvalue weighted by atomic mass is 35.5. The normalized spacial score (nSPS) is 34.2. The number of anilines is 2. The largest absolute Gasteiger partial charge is 0.447 e. The Morgan fingerprint density at radius 3 is 2.88 bits per heavy atom. The monoisotopic (exact) mass is 459 g/mol. The predicted octanol–water partition coefficient (Wildman–Crippen LogP) is 2.98. The van der Waals surface area contributed by atoms with Crippen molar-refractivity contribution in [2.24, 2.45) is 10.4 Å². The quantitative estimate of drug-likeness (QED) is 0.700. The summed E-state index contributed by atoms with van der Waals surface area (Å²) in [6, 6.07) is 2.04. The van der Waals surface area contributed by atoms with Crippen LogP contribution in [0.1, 0.15) is 26.3 Å². The molecule has 0 saturated carbocycles. The first kappa shape index (κ1) is 20.3. The first-order valence-corrected chi connectivity index (χ1v) is 11.5. The van der Waals surface area contributed by atoms with Crippen molar-refractivity contribution < 1.29 is 18.8 Å². The van der Waals surface area contributed by atoms with Crippen LogP contribution in [0.5, 0.6) is 0 Å². The van der Waals surface area contributed by atoms with Gasteiger partial charge in [0.05, 0.1) is 42.0 Å². The van der Waals surface area contributed by atoms with Gasteiger partial charge in [-0.3, -0.25) is 15.2 Å². The molecule has 0 aliphatic carbocycles. The molecule has 1 unspecified atom stereocenters.